The summed E-state index contributed by atoms with van der Waals surface area (Å²) in [4.78, 5) is 17.1. The molecule has 5 nitrogen and oxygen atoms in total. The molecule has 0 saturated carbocycles. The number of nitrogens with zero attached hydrogens (tertiary/aromatic N) is 3. The van der Waals surface area contributed by atoms with E-state index in [0.717, 1.165) is 27.8 Å². The van der Waals surface area contributed by atoms with E-state index in [4.69, 9.17) is 4.98 Å². The molecule has 0 fully saturated rings. The Morgan fingerprint density at radius 1 is 1.10 bits per heavy atom. The van der Waals surface area contributed by atoms with E-state index in [2.05, 4.69) is 22.5 Å². The Balaban J connectivity index is 1.43. The van der Waals surface area contributed by atoms with Gasteiger partial charge in [-0.05, 0) is 12.5 Å². The molecule has 0 unspecified atom stereocenters. The number of thiazole rings is 1. The molecule has 0 aliphatic carbocycles. The van der Waals surface area contributed by atoms with E-state index >= 15 is 0 Å². The van der Waals surface area contributed by atoms with Crippen LogP contribution in [0.15, 0.2) is 72.1 Å². The molecule has 2 heterocycles. The van der Waals surface area contributed by atoms with E-state index in [1.807, 2.05) is 66.9 Å². The minimum atomic E-state index is -0.0491. The van der Waals surface area contributed by atoms with Crippen molar-refractivity contribution in [2.45, 2.75) is 12.7 Å². The van der Waals surface area contributed by atoms with E-state index in [0.29, 0.717) is 11.6 Å². The van der Waals surface area contributed by atoms with Crippen LogP contribution in [-0.4, -0.2) is 26.4 Å². The second-order valence-electron chi connectivity index (χ2n) is 6.49. The van der Waals surface area contributed by atoms with Crippen molar-refractivity contribution in [2.24, 2.45) is 0 Å². The van der Waals surface area contributed by atoms with Crippen molar-refractivity contribution < 1.29 is 4.79 Å². The topological polar surface area (TPSA) is 59.8 Å². The van der Waals surface area contributed by atoms with Gasteiger partial charge in [0, 0.05) is 22.8 Å². The van der Waals surface area contributed by atoms with Crippen molar-refractivity contribution in [3.63, 3.8) is 0 Å². The standard InChI is InChI=1S/C22H20N4OS2/c1-16-12-20(24-21(27)15-28-13-17-8-4-2-5-9-17)26(25-16)22-23-19(14-29-22)18-10-6-3-7-11-18/h2-12,14H,13,15H2,1H3,(H,24,27). The molecular weight excluding hydrogens is 400 g/mol. The van der Waals surface area contributed by atoms with Gasteiger partial charge >= 0.3 is 0 Å². The Morgan fingerprint density at radius 2 is 1.83 bits per heavy atom. The summed E-state index contributed by atoms with van der Waals surface area (Å²) in [5, 5.41) is 10.2. The summed E-state index contributed by atoms with van der Waals surface area (Å²) in [5.74, 6) is 1.78. The normalized spacial score (nSPS) is 10.8. The Labute approximate surface area is 177 Å². The molecule has 29 heavy (non-hydrogen) atoms. The van der Waals surface area contributed by atoms with Crippen LogP contribution in [0.5, 0.6) is 0 Å². The van der Waals surface area contributed by atoms with Crippen LogP contribution in [0.25, 0.3) is 16.4 Å². The first kappa shape index (κ1) is 19.4. The largest absolute Gasteiger partial charge is 0.310 e. The van der Waals surface area contributed by atoms with Crippen molar-refractivity contribution in [1.29, 1.82) is 0 Å². The molecule has 2 aromatic carbocycles. The average Bonchev–Trinajstić information content (AvgIpc) is 3.36. The van der Waals surface area contributed by atoms with Crippen LogP contribution < -0.4 is 5.32 Å². The molecule has 146 valence electrons. The maximum absolute atomic E-state index is 12.4. The van der Waals surface area contributed by atoms with Gasteiger partial charge in [0.15, 0.2) is 0 Å². The molecule has 2 aromatic heterocycles. The predicted octanol–water partition coefficient (Wildman–Crippen LogP) is 5.18. The molecule has 0 aliphatic rings. The highest BCUT2D eigenvalue weighted by molar-refractivity contribution is 7.99. The molecule has 0 bridgehead atoms. The van der Waals surface area contributed by atoms with E-state index in [1.165, 1.54) is 16.9 Å². The lowest BCUT2D eigenvalue weighted by Crippen LogP contribution is -2.17. The Morgan fingerprint density at radius 3 is 2.59 bits per heavy atom. The minimum absolute atomic E-state index is 0.0491. The first-order chi connectivity index (χ1) is 14.2. The number of carbonyl (C=O) groups excluding carboxylic acids is 1. The van der Waals surface area contributed by atoms with Gasteiger partial charge in [0.2, 0.25) is 11.0 Å². The summed E-state index contributed by atoms with van der Waals surface area (Å²) in [7, 11) is 0. The molecule has 4 aromatic rings. The van der Waals surface area contributed by atoms with Gasteiger partial charge in [0.25, 0.3) is 0 Å². The van der Waals surface area contributed by atoms with Crippen LogP contribution in [0.2, 0.25) is 0 Å². The SMILES string of the molecule is Cc1cc(NC(=O)CSCc2ccccc2)n(-c2nc(-c3ccccc3)cs2)n1. The van der Waals surface area contributed by atoms with Gasteiger partial charge < -0.3 is 5.32 Å². The molecule has 0 saturated heterocycles. The number of anilines is 1. The number of hydrogen-bond acceptors (Lipinski definition) is 5. The van der Waals surface area contributed by atoms with Crippen molar-refractivity contribution in [3.05, 3.63) is 83.4 Å². The number of nitrogens with one attached hydrogen (secondary N) is 1. The molecule has 0 spiro atoms. The number of aromatic nitrogens is 3. The number of benzene rings is 2. The Bertz CT molecular complexity index is 1090. The fraction of sp³-hybridized carbons (Fsp3) is 0.136. The third-order valence-corrected chi connectivity index (χ3v) is 6.01. The molecule has 4 rings (SSSR count). The number of amides is 1. The molecule has 0 aliphatic heterocycles. The lowest BCUT2D eigenvalue weighted by atomic mass is 10.2. The van der Waals surface area contributed by atoms with E-state index in [9.17, 15) is 4.79 Å². The zero-order valence-corrected chi connectivity index (χ0v) is 17.5. The van der Waals surface area contributed by atoms with Crippen LogP contribution in [-0.2, 0) is 10.5 Å². The third-order valence-electron chi connectivity index (χ3n) is 4.19. The maximum Gasteiger partial charge on any atom is 0.235 e. The fourth-order valence-electron chi connectivity index (χ4n) is 2.85. The van der Waals surface area contributed by atoms with Crippen molar-refractivity contribution >= 4 is 34.8 Å². The minimum Gasteiger partial charge on any atom is -0.310 e. The fourth-order valence-corrected chi connectivity index (χ4v) is 4.44. The van der Waals surface area contributed by atoms with Gasteiger partial charge in [-0.15, -0.1) is 23.1 Å². The zero-order valence-electron chi connectivity index (χ0n) is 15.9. The summed E-state index contributed by atoms with van der Waals surface area (Å²) < 4.78 is 1.70. The summed E-state index contributed by atoms with van der Waals surface area (Å²) in [5.41, 5.74) is 3.99. The first-order valence-electron chi connectivity index (χ1n) is 9.18. The second kappa shape index (κ2) is 9.07. The highest BCUT2D eigenvalue weighted by Crippen LogP contribution is 2.26. The first-order valence-corrected chi connectivity index (χ1v) is 11.2. The quantitative estimate of drug-likeness (QED) is 0.448. The van der Waals surface area contributed by atoms with Gasteiger partial charge in [-0.25, -0.2) is 4.98 Å². The predicted molar refractivity (Wildman–Crippen MR) is 121 cm³/mol. The van der Waals surface area contributed by atoms with Crippen molar-refractivity contribution in [1.82, 2.24) is 14.8 Å². The number of rotatable bonds is 7. The smallest absolute Gasteiger partial charge is 0.235 e. The van der Waals surface area contributed by atoms with E-state index in [-0.39, 0.29) is 5.91 Å². The van der Waals surface area contributed by atoms with Crippen LogP contribution >= 0.6 is 23.1 Å². The number of thioether (sulfide) groups is 1. The average molecular weight is 421 g/mol. The molecule has 0 radical (unpaired) electrons. The summed E-state index contributed by atoms with van der Waals surface area (Å²) in [6.45, 7) is 1.90. The molecule has 1 N–H and O–H groups in total. The van der Waals surface area contributed by atoms with E-state index < -0.39 is 0 Å². The molecular formula is C22H20N4OS2. The summed E-state index contributed by atoms with van der Waals surface area (Å²) in [6, 6.07) is 22.0. The lowest BCUT2D eigenvalue weighted by Gasteiger charge is -2.06. The van der Waals surface area contributed by atoms with Gasteiger partial charge in [-0.1, -0.05) is 60.7 Å². The summed E-state index contributed by atoms with van der Waals surface area (Å²) >= 11 is 3.09. The Hall–Kier alpha value is -2.90. The molecule has 7 heteroatoms. The van der Waals surface area contributed by atoms with Crippen LogP contribution in [0.3, 0.4) is 0 Å². The zero-order chi connectivity index (χ0) is 20.1. The Kier molecular flexibility index (Phi) is 6.07. The number of carbonyl (C=O) groups is 1. The van der Waals surface area contributed by atoms with Crippen LogP contribution in [0.4, 0.5) is 5.82 Å². The second-order valence-corrected chi connectivity index (χ2v) is 8.31. The number of aryl methyl sites for hydroxylation is 1. The molecule has 0 atom stereocenters. The highest BCUT2D eigenvalue weighted by atomic mass is 32.2. The maximum atomic E-state index is 12.4. The lowest BCUT2D eigenvalue weighted by molar-refractivity contribution is -0.113. The molecule has 1 amide bonds. The van der Waals surface area contributed by atoms with Gasteiger partial charge in [0.1, 0.15) is 5.82 Å². The van der Waals surface area contributed by atoms with Crippen LogP contribution in [0.1, 0.15) is 11.3 Å². The van der Waals surface area contributed by atoms with Crippen molar-refractivity contribution in [2.75, 3.05) is 11.1 Å². The van der Waals surface area contributed by atoms with E-state index in [1.54, 1.807) is 16.4 Å². The summed E-state index contributed by atoms with van der Waals surface area (Å²) in [6.07, 6.45) is 0. The highest BCUT2D eigenvalue weighted by Gasteiger charge is 2.14. The van der Waals surface area contributed by atoms with Crippen molar-refractivity contribution in [3.8, 4) is 16.4 Å². The third kappa shape index (κ3) is 4.93. The van der Waals surface area contributed by atoms with Gasteiger partial charge in [-0.3, -0.25) is 4.79 Å². The van der Waals surface area contributed by atoms with Crippen LogP contribution in [0, 0.1) is 6.92 Å². The van der Waals surface area contributed by atoms with Gasteiger partial charge in [-0.2, -0.15) is 9.78 Å². The monoisotopic (exact) mass is 420 g/mol. The van der Waals surface area contributed by atoms with Gasteiger partial charge in [0.05, 0.1) is 17.1 Å². The number of hydrogen-bond donors (Lipinski definition) is 1.